The molecule has 0 atom stereocenters. The Morgan fingerprint density at radius 1 is 0.434 bits per heavy atom. The largest absolute Gasteiger partial charge is 0.311 e. The lowest BCUT2D eigenvalue weighted by molar-refractivity contribution is 0.332. The van der Waals surface area contributed by atoms with Crippen molar-refractivity contribution in [2.75, 3.05) is 14.7 Å². The lowest BCUT2D eigenvalue weighted by Crippen LogP contribution is -2.62. The molecular formula is C72H76BN3. The van der Waals surface area contributed by atoms with Crippen molar-refractivity contribution in [3.63, 3.8) is 0 Å². The number of aryl methyl sites for hydroxylation is 1. The Balaban J connectivity index is 1.16. The monoisotopic (exact) mass is 994 g/mol. The van der Waals surface area contributed by atoms with Crippen LogP contribution in [0.3, 0.4) is 0 Å². The van der Waals surface area contributed by atoms with Crippen LogP contribution in [0.1, 0.15) is 160 Å². The Morgan fingerprint density at radius 2 is 0.974 bits per heavy atom. The summed E-state index contributed by atoms with van der Waals surface area (Å²) in [6.07, 6.45) is 4.68. The summed E-state index contributed by atoms with van der Waals surface area (Å²) in [6, 6.07) is 61.5. The van der Waals surface area contributed by atoms with Gasteiger partial charge in [0.05, 0.1) is 5.69 Å². The van der Waals surface area contributed by atoms with Crippen LogP contribution in [0.5, 0.6) is 0 Å². The van der Waals surface area contributed by atoms with Gasteiger partial charge in [0.25, 0.3) is 6.71 Å². The lowest BCUT2D eigenvalue weighted by atomic mass is 9.33. The molecule has 382 valence electrons. The molecule has 5 aliphatic rings. The third kappa shape index (κ3) is 7.14. The zero-order valence-corrected chi connectivity index (χ0v) is 47.8. The first-order valence-corrected chi connectivity index (χ1v) is 28.4. The number of nitrogens with zero attached hydrogens (tertiary/aromatic N) is 3. The van der Waals surface area contributed by atoms with Crippen molar-refractivity contribution < 1.29 is 0 Å². The highest BCUT2D eigenvalue weighted by molar-refractivity contribution is 7.00. The van der Waals surface area contributed by atoms with Gasteiger partial charge in [-0.15, -0.1) is 0 Å². The SMILES string of the molecule is Cc1cc2c3c(c1)N(c1ccc(C(C)(C)C)c4c1-c1ccccc1C4(C)C)c1cc(N(c4ccccc4)c4ccccc4)ccc1B3c1cc3c(cc1N2c1ccc2c(c1)C(C)(C)CCC2(C)C)C(C)(C)CCC3(C)C. The lowest BCUT2D eigenvalue weighted by Gasteiger charge is -2.48. The molecule has 0 saturated carbocycles. The molecule has 2 aliphatic heterocycles. The molecule has 3 aliphatic carbocycles. The fourth-order valence-electron chi connectivity index (χ4n) is 14.9. The van der Waals surface area contributed by atoms with Crippen molar-refractivity contribution in [2.45, 2.75) is 155 Å². The second kappa shape index (κ2) is 16.4. The molecular weight excluding hydrogens is 918 g/mol. The number of hydrogen-bond donors (Lipinski definition) is 0. The van der Waals surface area contributed by atoms with Gasteiger partial charge in [-0.1, -0.05) is 175 Å². The van der Waals surface area contributed by atoms with Crippen molar-refractivity contribution >= 4 is 74.3 Å². The molecule has 0 N–H and O–H groups in total. The Kier molecular flexibility index (Phi) is 10.5. The van der Waals surface area contributed by atoms with E-state index in [1.807, 2.05) is 0 Å². The van der Waals surface area contributed by atoms with Crippen LogP contribution in [-0.4, -0.2) is 6.71 Å². The van der Waals surface area contributed by atoms with Gasteiger partial charge < -0.3 is 14.7 Å². The summed E-state index contributed by atoms with van der Waals surface area (Å²) in [4.78, 5) is 7.87. The van der Waals surface area contributed by atoms with Crippen molar-refractivity contribution in [1.29, 1.82) is 0 Å². The molecule has 0 spiro atoms. The van der Waals surface area contributed by atoms with E-state index in [0.29, 0.717) is 0 Å². The first-order chi connectivity index (χ1) is 36.0. The van der Waals surface area contributed by atoms with E-state index in [2.05, 4.69) is 269 Å². The number of benzene rings is 8. The Hall–Kier alpha value is -6.78. The van der Waals surface area contributed by atoms with Crippen molar-refractivity contribution in [2.24, 2.45) is 0 Å². The first-order valence-electron chi connectivity index (χ1n) is 28.4. The van der Waals surface area contributed by atoms with Crippen LogP contribution in [-0.2, 0) is 32.5 Å². The molecule has 0 aromatic heterocycles. The van der Waals surface area contributed by atoms with Crippen molar-refractivity contribution in [1.82, 2.24) is 0 Å². The van der Waals surface area contributed by atoms with Crippen LogP contribution >= 0.6 is 0 Å². The first kappa shape index (κ1) is 48.8. The number of rotatable bonds is 5. The van der Waals surface area contributed by atoms with Gasteiger partial charge in [-0.05, 0) is 199 Å². The minimum Gasteiger partial charge on any atom is -0.311 e. The van der Waals surface area contributed by atoms with Gasteiger partial charge >= 0.3 is 0 Å². The molecule has 8 aromatic carbocycles. The molecule has 76 heavy (non-hydrogen) atoms. The summed E-state index contributed by atoms with van der Waals surface area (Å²) in [7, 11) is 0. The van der Waals surface area contributed by atoms with Crippen LogP contribution in [0.2, 0.25) is 0 Å². The highest BCUT2D eigenvalue weighted by Crippen LogP contribution is 2.59. The molecule has 0 unspecified atom stereocenters. The number of fused-ring (bicyclic) bond motifs is 9. The number of para-hydroxylation sites is 2. The zero-order chi connectivity index (χ0) is 53.2. The van der Waals surface area contributed by atoms with Gasteiger partial charge in [0.15, 0.2) is 0 Å². The van der Waals surface area contributed by atoms with Crippen LogP contribution in [0.25, 0.3) is 11.1 Å². The maximum absolute atomic E-state index is 2.71. The van der Waals surface area contributed by atoms with Crippen molar-refractivity contribution in [3.05, 3.63) is 202 Å². The highest BCUT2D eigenvalue weighted by Gasteiger charge is 2.49. The molecule has 2 heterocycles. The molecule has 4 heteroatoms. The minimum atomic E-state index is -0.207. The Morgan fingerprint density at radius 3 is 1.59 bits per heavy atom. The summed E-state index contributed by atoms with van der Waals surface area (Å²) < 4.78 is 0. The molecule has 8 aromatic rings. The summed E-state index contributed by atoms with van der Waals surface area (Å²) in [5, 5.41) is 0. The summed E-state index contributed by atoms with van der Waals surface area (Å²) in [6.45, 7) is 34.2. The van der Waals surface area contributed by atoms with E-state index in [1.165, 1.54) is 119 Å². The maximum Gasteiger partial charge on any atom is 0.252 e. The van der Waals surface area contributed by atoms with E-state index >= 15 is 0 Å². The molecule has 0 saturated heterocycles. The van der Waals surface area contributed by atoms with Crippen LogP contribution in [0, 0.1) is 6.92 Å². The van der Waals surface area contributed by atoms with E-state index in [1.54, 1.807) is 0 Å². The molecule has 0 radical (unpaired) electrons. The third-order valence-electron chi connectivity index (χ3n) is 19.3. The topological polar surface area (TPSA) is 9.72 Å². The van der Waals surface area contributed by atoms with Crippen LogP contribution in [0.15, 0.2) is 158 Å². The average molecular weight is 994 g/mol. The van der Waals surface area contributed by atoms with Gasteiger partial charge in [-0.25, -0.2) is 0 Å². The Labute approximate surface area is 455 Å². The van der Waals surface area contributed by atoms with Gasteiger partial charge in [0.2, 0.25) is 0 Å². The predicted molar refractivity (Wildman–Crippen MR) is 327 cm³/mol. The molecule has 0 amide bonds. The quantitative estimate of drug-likeness (QED) is 0.159. The standard InChI is InChI=1S/C72H76BN3/c1-45-39-62-66-63(40-45)76(59-34-32-53(67(2,3)4)65-64(59)50-27-21-22-28-51(50)72(65,13)14)60-42-49(74(46-23-17-15-18-24-46)47-25-19-16-20-26-47)30-33-57(60)73(66)58-43-55-56(71(11,12)38-37-70(55,9)10)44-61(58)75(62)48-29-31-52-54(41-48)69(7,8)36-35-68(52,5)6/h15-34,39-44H,35-38H2,1-14H3. The van der Waals surface area contributed by atoms with E-state index < -0.39 is 0 Å². The van der Waals surface area contributed by atoms with E-state index in [0.717, 1.165) is 29.9 Å². The fraction of sp³-hybridized carbons (Fsp3) is 0.333. The van der Waals surface area contributed by atoms with Gasteiger partial charge in [-0.2, -0.15) is 0 Å². The Bertz CT molecular complexity index is 3660. The van der Waals surface area contributed by atoms with Crippen molar-refractivity contribution in [3.8, 4) is 11.1 Å². The molecule has 0 bridgehead atoms. The zero-order valence-electron chi connectivity index (χ0n) is 47.8. The van der Waals surface area contributed by atoms with Gasteiger partial charge in [0.1, 0.15) is 0 Å². The third-order valence-corrected chi connectivity index (χ3v) is 19.3. The van der Waals surface area contributed by atoms with Gasteiger partial charge in [-0.3, -0.25) is 0 Å². The normalized spacial score (nSPS) is 18.4. The molecule has 0 fully saturated rings. The number of hydrogen-bond acceptors (Lipinski definition) is 3. The average Bonchev–Trinajstić information content (AvgIpc) is 3.73. The summed E-state index contributed by atoms with van der Waals surface area (Å²) in [5.74, 6) is 0. The molecule has 13 rings (SSSR count). The van der Waals surface area contributed by atoms with Gasteiger partial charge in [0, 0.05) is 56.5 Å². The number of anilines is 9. The molecule has 3 nitrogen and oxygen atoms in total. The van der Waals surface area contributed by atoms with Crippen LogP contribution < -0.4 is 31.1 Å². The predicted octanol–water partition coefficient (Wildman–Crippen LogP) is 17.8. The van der Waals surface area contributed by atoms with E-state index in [-0.39, 0.29) is 39.2 Å². The summed E-state index contributed by atoms with van der Waals surface area (Å²) >= 11 is 0. The second-order valence-electron chi connectivity index (χ2n) is 27.6. The fourth-order valence-corrected chi connectivity index (χ4v) is 14.9. The smallest absolute Gasteiger partial charge is 0.252 e. The second-order valence-corrected chi connectivity index (χ2v) is 27.6. The highest BCUT2D eigenvalue weighted by atomic mass is 15.2. The minimum absolute atomic E-state index is 0.0242. The van der Waals surface area contributed by atoms with E-state index in [9.17, 15) is 0 Å². The summed E-state index contributed by atoms with van der Waals surface area (Å²) in [5.41, 5.74) is 29.2. The van der Waals surface area contributed by atoms with Crippen LogP contribution in [0.4, 0.5) is 51.2 Å². The maximum atomic E-state index is 2.71. The van der Waals surface area contributed by atoms with E-state index in [4.69, 9.17) is 0 Å².